The molecular formula is C15H17N3. The minimum absolute atomic E-state index is 0.445. The van der Waals surface area contributed by atoms with Gasteiger partial charge in [0.25, 0.3) is 0 Å². The first-order valence-corrected chi connectivity index (χ1v) is 6.43. The Morgan fingerprint density at radius 1 is 1.06 bits per heavy atom. The van der Waals surface area contributed by atoms with Crippen molar-refractivity contribution in [2.45, 2.75) is 38.6 Å². The number of nitriles is 2. The molecule has 1 aliphatic carbocycles. The molecule has 1 aromatic rings. The number of hydrogen-bond acceptors (Lipinski definition) is 3. The highest BCUT2D eigenvalue weighted by atomic mass is 14.9. The first-order chi connectivity index (χ1) is 8.72. The summed E-state index contributed by atoms with van der Waals surface area (Å²) in [6.45, 7) is 2.30. The lowest BCUT2D eigenvalue weighted by molar-refractivity contribution is 0.361. The van der Waals surface area contributed by atoms with Gasteiger partial charge in [-0.05, 0) is 49.8 Å². The molecule has 0 aliphatic heterocycles. The summed E-state index contributed by atoms with van der Waals surface area (Å²) in [6, 6.07) is 9.98. The lowest BCUT2D eigenvalue weighted by atomic mass is 9.87. The van der Waals surface area contributed by atoms with Crippen LogP contribution in [0, 0.1) is 28.6 Å². The van der Waals surface area contributed by atoms with Gasteiger partial charge in [0.2, 0.25) is 0 Å². The highest BCUT2D eigenvalue weighted by molar-refractivity contribution is 5.56. The van der Waals surface area contributed by atoms with Gasteiger partial charge in [-0.15, -0.1) is 0 Å². The molecule has 1 aliphatic rings. The average Bonchev–Trinajstić information content (AvgIpc) is 2.41. The van der Waals surface area contributed by atoms with E-state index >= 15 is 0 Å². The maximum atomic E-state index is 8.99. The second-order valence-electron chi connectivity index (χ2n) is 5.09. The molecule has 0 radical (unpaired) electrons. The van der Waals surface area contributed by atoms with Gasteiger partial charge in [0, 0.05) is 11.7 Å². The first kappa shape index (κ1) is 12.5. The van der Waals surface area contributed by atoms with Gasteiger partial charge in [0.15, 0.2) is 0 Å². The van der Waals surface area contributed by atoms with Crippen LogP contribution in [0.3, 0.4) is 0 Å². The van der Waals surface area contributed by atoms with Gasteiger partial charge in [-0.1, -0.05) is 6.92 Å². The van der Waals surface area contributed by atoms with Gasteiger partial charge in [0.05, 0.1) is 11.1 Å². The molecule has 1 N–H and O–H groups in total. The van der Waals surface area contributed by atoms with Crippen molar-refractivity contribution in [1.82, 2.24) is 0 Å². The number of rotatable bonds is 2. The van der Waals surface area contributed by atoms with E-state index in [0.717, 1.165) is 11.6 Å². The van der Waals surface area contributed by atoms with Crippen LogP contribution in [-0.4, -0.2) is 6.04 Å². The third-order valence-corrected chi connectivity index (χ3v) is 3.65. The second kappa shape index (κ2) is 5.56. The normalized spacial score (nSPS) is 22.8. The molecule has 0 aromatic heterocycles. The number of nitrogens with one attached hydrogen (secondary N) is 1. The zero-order chi connectivity index (χ0) is 13.0. The summed E-state index contributed by atoms with van der Waals surface area (Å²) < 4.78 is 0. The Morgan fingerprint density at radius 3 is 2.33 bits per heavy atom. The first-order valence-electron chi connectivity index (χ1n) is 6.43. The van der Waals surface area contributed by atoms with Crippen LogP contribution in [0.5, 0.6) is 0 Å². The van der Waals surface area contributed by atoms with Gasteiger partial charge >= 0.3 is 0 Å². The third-order valence-electron chi connectivity index (χ3n) is 3.65. The Hall–Kier alpha value is -2.00. The predicted octanol–water partition coefficient (Wildman–Crippen LogP) is 3.42. The van der Waals surface area contributed by atoms with Crippen molar-refractivity contribution in [1.29, 1.82) is 10.5 Å². The SMILES string of the molecule is CC1CCC(Nc2ccc(C#N)c(C#N)c2)CC1. The Kier molecular flexibility index (Phi) is 3.85. The van der Waals surface area contributed by atoms with E-state index in [0.29, 0.717) is 17.2 Å². The standard InChI is InChI=1S/C15H17N3/c1-11-2-5-14(6-3-11)18-15-7-4-12(9-16)13(8-15)10-17/h4,7-8,11,14,18H,2-3,5-6H2,1H3. The highest BCUT2D eigenvalue weighted by Crippen LogP contribution is 2.26. The Balaban J connectivity index is 2.07. The van der Waals surface area contributed by atoms with Crippen molar-refractivity contribution >= 4 is 5.69 Å². The molecule has 0 saturated heterocycles. The van der Waals surface area contributed by atoms with Crippen molar-refractivity contribution in [3.8, 4) is 12.1 Å². The highest BCUT2D eigenvalue weighted by Gasteiger charge is 2.18. The van der Waals surface area contributed by atoms with Gasteiger partial charge in [-0.3, -0.25) is 0 Å². The van der Waals surface area contributed by atoms with E-state index in [1.165, 1.54) is 25.7 Å². The predicted molar refractivity (Wildman–Crippen MR) is 70.9 cm³/mol. The number of hydrogen-bond donors (Lipinski definition) is 1. The van der Waals surface area contributed by atoms with Crippen LogP contribution in [0.25, 0.3) is 0 Å². The number of benzene rings is 1. The maximum absolute atomic E-state index is 8.99. The zero-order valence-electron chi connectivity index (χ0n) is 10.6. The molecule has 92 valence electrons. The molecule has 1 fully saturated rings. The molecule has 3 nitrogen and oxygen atoms in total. The number of nitrogens with zero attached hydrogens (tertiary/aromatic N) is 2. The molecular weight excluding hydrogens is 222 g/mol. The Morgan fingerprint density at radius 2 is 1.72 bits per heavy atom. The van der Waals surface area contributed by atoms with E-state index < -0.39 is 0 Å². The second-order valence-corrected chi connectivity index (χ2v) is 5.09. The summed E-state index contributed by atoms with van der Waals surface area (Å²) in [5.74, 6) is 0.832. The van der Waals surface area contributed by atoms with Crippen LogP contribution in [0.4, 0.5) is 5.69 Å². The fourth-order valence-electron chi connectivity index (χ4n) is 2.46. The molecule has 0 unspecified atom stereocenters. The fraction of sp³-hybridized carbons (Fsp3) is 0.467. The summed E-state index contributed by atoms with van der Waals surface area (Å²) in [5.41, 5.74) is 1.84. The van der Waals surface area contributed by atoms with Crippen molar-refractivity contribution < 1.29 is 0 Å². The number of anilines is 1. The monoisotopic (exact) mass is 239 g/mol. The van der Waals surface area contributed by atoms with Crippen LogP contribution in [0.1, 0.15) is 43.7 Å². The molecule has 18 heavy (non-hydrogen) atoms. The van der Waals surface area contributed by atoms with Crippen LogP contribution < -0.4 is 5.32 Å². The summed E-state index contributed by atoms with van der Waals surface area (Å²) in [6.07, 6.45) is 4.89. The van der Waals surface area contributed by atoms with Crippen molar-refractivity contribution in [2.75, 3.05) is 5.32 Å². The van der Waals surface area contributed by atoms with Crippen LogP contribution in [0.2, 0.25) is 0 Å². The third kappa shape index (κ3) is 2.81. The van der Waals surface area contributed by atoms with E-state index in [-0.39, 0.29) is 0 Å². The lowest BCUT2D eigenvalue weighted by Gasteiger charge is -2.27. The minimum atomic E-state index is 0.445. The van der Waals surface area contributed by atoms with Crippen LogP contribution in [0.15, 0.2) is 18.2 Å². The van der Waals surface area contributed by atoms with Gasteiger partial charge in [-0.25, -0.2) is 0 Å². The van der Waals surface area contributed by atoms with Gasteiger partial charge in [0.1, 0.15) is 12.1 Å². The van der Waals surface area contributed by atoms with E-state index in [1.807, 2.05) is 12.1 Å². The summed E-state index contributed by atoms with van der Waals surface area (Å²) in [5, 5.41) is 21.3. The molecule has 1 saturated carbocycles. The van der Waals surface area contributed by atoms with E-state index in [4.69, 9.17) is 10.5 Å². The van der Waals surface area contributed by atoms with E-state index in [1.54, 1.807) is 12.1 Å². The Labute approximate surface area is 108 Å². The molecule has 2 rings (SSSR count). The van der Waals surface area contributed by atoms with E-state index in [2.05, 4.69) is 18.3 Å². The summed E-state index contributed by atoms with van der Waals surface area (Å²) in [4.78, 5) is 0. The largest absolute Gasteiger partial charge is 0.382 e. The topological polar surface area (TPSA) is 59.6 Å². The molecule has 0 amide bonds. The van der Waals surface area contributed by atoms with Gasteiger partial charge < -0.3 is 5.32 Å². The quantitative estimate of drug-likeness (QED) is 0.860. The molecule has 3 heteroatoms. The molecule has 0 spiro atoms. The average molecular weight is 239 g/mol. The molecule has 0 heterocycles. The molecule has 1 aromatic carbocycles. The van der Waals surface area contributed by atoms with Crippen molar-refractivity contribution in [2.24, 2.45) is 5.92 Å². The Bertz CT molecular complexity index is 499. The lowest BCUT2D eigenvalue weighted by Crippen LogP contribution is -2.25. The van der Waals surface area contributed by atoms with E-state index in [9.17, 15) is 0 Å². The van der Waals surface area contributed by atoms with Crippen molar-refractivity contribution in [3.05, 3.63) is 29.3 Å². The molecule has 0 bridgehead atoms. The summed E-state index contributed by atoms with van der Waals surface area (Å²) >= 11 is 0. The van der Waals surface area contributed by atoms with Crippen LogP contribution >= 0.6 is 0 Å². The van der Waals surface area contributed by atoms with Crippen molar-refractivity contribution in [3.63, 3.8) is 0 Å². The zero-order valence-corrected chi connectivity index (χ0v) is 10.6. The molecule has 0 atom stereocenters. The smallest absolute Gasteiger partial charge is 0.101 e. The fourth-order valence-corrected chi connectivity index (χ4v) is 2.46. The maximum Gasteiger partial charge on any atom is 0.101 e. The van der Waals surface area contributed by atoms with Crippen LogP contribution in [-0.2, 0) is 0 Å². The minimum Gasteiger partial charge on any atom is -0.382 e. The summed E-state index contributed by atoms with van der Waals surface area (Å²) in [7, 11) is 0. The van der Waals surface area contributed by atoms with Gasteiger partial charge in [-0.2, -0.15) is 10.5 Å².